The Bertz CT molecular complexity index is 431. The van der Waals surface area contributed by atoms with Crippen molar-refractivity contribution in [2.45, 2.75) is 33.2 Å². The highest BCUT2D eigenvalue weighted by Gasteiger charge is 2.20. The van der Waals surface area contributed by atoms with Crippen LogP contribution >= 0.6 is 0 Å². The number of benzene rings is 1. The molecule has 19 heavy (non-hydrogen) atoms. The summed E-state index contributed by atoms with van der Waals surface area (Å²) in [6.07, 6.45) is 0.895. The van der Waals surface area contributed by atoms with Crippen molar-refractivity contribution in [2.75, 3.05) is 20.3 Å². The van der Waals surface area contributed by atoms with Crippen LogP contribution in [-0.2, 0) is 4.74 Å². The molecule has 1 amide bonds. The Balaban J connectivity index is 2.94. The van der Waals surface area contributed by atoms with E-state index in [9.17, 15) is 9.90 Å². The van der Waals surface area contributed by atoms with Crippen LogP contribution in [0.5, 0.6) is 5.75 Å². The largest absolute Gasteiger partial charge is 0.508 e. The summed E-state index contributed by atoms with van der Waals surface area (Å²) in [5.74, 6) is 0.193. The Morgan fingerprint density at radius 1 is 1.47 bits per heavy atom. The third kappa shape index (κ3) is 3.96. The monoisotopic (exact) mass is 265 g/mol. The number of amides is 1. The molecule has 0 aliphatic carbocycles. The van der Waals surface area contributed by atoms with Crippen LogP contribution in [0.25, 0.3) is 0 Å². The Hall–Kier alpha value is -1.55. The number of aromatic hydroxyl groups is 1. The van der Waals surface area contributed by atoms with E-state index in [1.165, 1.54) is 0 Å². The summed E-state index contributed by atoms with van der Waals surface area (Å²) in [5.41, 5.74) is 1.31. The molecule has 1 atom stereocenters. The molecule has 1 aromatic carbocycles. The number of nitrogens with zero attached hydrogens (tertiary/aromatic N) is 1. The predicted molar refractivity (Wildman–Crippen MR) is 75.5 cm³/mol. The van der Waals surface area contributed by atoms with Crippen molar-refractivity contribution < 1.29 is 14.6 Å². The van der Waals surface area contributed by atoms with E-state index in [2.05, 4.69) is 6.92 Å². The lowest BCUT2D eigenvalue weighted by molar-refractivity contribution is 0.0614. The molecule has 0 saturated carbocycles. The number of methoxy groups -OCH3 is 1. The van der Waals surface area contributed by atoms with Gasteiger partial charge in [-0.15, -0.1) is 0 Å². The van der Waals surface area contributed by atoms with Crippen molar-refractivity contribution in [2.24, 2.45) is 0 Å². The van der Waals surface area contributed by atoms with Crippen molar-refractivity contribution >= 4 is 5.91 Å². The molecular weight excluding hydrogens is 242 g/mol. The number of aryl methyl sites for hydroxylation is 1. The molecular formula is C15H23NO3. The summed E-state index contributed by atoms with van der Waals surface area (Å²) in [5, 5.41) is 9.52. The van der Waals surface area contributed by atoms with E-state index in [1.807, 2.05) is 11.8 Å². The number of phenols is 1. The second-order valence-electron chi connectivity index (χ2n) is 4.75. The Kier molecular flexibility index (Phi) is 5.83. The van der Waals surface area contributed by atoms with Gasteiger partial charge in [-0.25, -0.2) is 0 Å². The molecule has 4 heteroatoms. The topological polar surface area (TPSA) is 49.8 Å². The van der Waals surface area contributed by atoms with E-state index in [1.54, 1.807) is 32.2 Å². The van der Waals surface area contributed by atoms with Crippen LogP contribution in [0.4, 0.5) is 0 Å². The lowest BCUT2D eigenvalue weighted by Crippen LogP contribution is -2.40. The van der Waals surface area contributed by atoms with Gasteiger partial charge in [0.2, 0.25) is 0 Å². The number of hydrogen-bond acceptors (Lipinski definition) is 3. The first-order valence-electron chi connectivity index (χ1n) is 6.60. The highest BCUT2D eigenvalue weighted by Crippen LogP contribution is 2.19. The molecule has 0 aliphatic heterocycles. The molecule has 1 rings (SSSR count). The first-order valence-corrected chi connectivity index (χ1v) is 6.60. The highest BCUT2D eigenvalue weighted by atomic mass is 16.5. The molecule has 1 aromatic rings. The number of carbonyl (C=O) groups excluding carboxylic acids is 1. The smallest absolute Gasteiger partial charge is 0.254 e. The molecule has 0 aliphatic rings. The molecule has 1 unspecified atom stereocenters. The van der Waals surface area contributed by atoms with Gasteiger partial charge in [-0.3, -0.25) is 4.79 Å². The van der Waals surface area contributed by atoms with Crippen LogP contribution in [-0.4, -0.2) is 42.2 Å². The van der Waals surface area contributed by atoms with E-state index in [0.29, 0.717) is 24.3 Å². The quantitative estimate of drug-likeness (QED) is 0.860. The van der Waals surface area contributed by atoms with Crippen molar-refractivity contribution in [1.82, 2.24) is 4.90 Å². The molecule has 0 radical (unpaired) electrons. The van der Waals surface area contributed by atoms with E-state index in [4.69, 9.17) is 4.74 Å². The average molecular weight is 265 g/mol. The zero-order valence-electron chi connectivity index (χ0n) is 12.1. The van der Waals surface area contributed by atoms with Gasteiger partial charge < -0.3 is 14.7 Å². The van der Waals surface area contributed by atoms with Gasteiger partial charge >= 0.3 is 0 Å². The second-order valence-corrected chi connectivity index (χ2v) is 4.75. The van der Waals surface area contributed by atoms with Gasteiger partial charge in [0.15, 0.2) is 0 Å². The van der Waals surface area contributed by atoms with Gasteiger partial charge in [0, 0.05) is 25.3 Å². The number of rotatable bonds is 6. The van der Waals surface area contributed by atoms with Crippen molar-refractivity contribution in [1.29, 1.82) is 0 Å². The minimum Gasteiger partial charge on any atom is -0.508 e. The number of phenolic OH excluding ortho intramolecular Hbond substituents is 1. The summed E-state index contributed by atoms with van der Waals surface area (Å²) >= 11 is 0. The Labute approximate surface area is 115 Å². The Morgan fingerprint density at radius 2 is 2.16 bits per heavy atom. The fourth-order valence-electron chi connectivity index (χ4n) is 1.89. The fourth-order valence-corrected chi connectivity index (χ4v) is 1.89. The summed E-state index contributed by atoms with van der Waals surface area (Å²) in [6, 6.07) is 5.11. The third-order valence-electron chi connectivity index (χ3n) is 3.36. The van der Waals surface area contributed by atoms with Crippen LogP contribution in [0.15, 0.2) is 18.2 Å². The lowest BCUT2D eigenvalue weighted by atomic mass is 10.1. The fraction of sp³-hybridized carbons (Fsp3) is 0.533. The molecule has 0 heterocycles. The zero-order valence-corrected chi connectivity index (χ0v) is 12.1. The van der Waals surface area contributed by atoms with E-state index >= 15 is 0 Å². The molecule has 0 spiro atoms. The lowest BCUT2D eigenvalue weighted by Gasteiger charge is -2.28. The van der Waals surface area contributed by atoms with Crippen molar-refractivity contribution in [3.8, 4) is 5.75 Å². The molecule has 0 saturated heterocycles. The molecule has 0 aromatic heterocycles. The van der Waals surface area contributed by atoms with Crippen molar-refractivity contribution in [3.63, 3.8) is 0 Å². The zero-order chi connectivity index (χ0) is 14.4. The molecule has 1 N–H and O–H groups in total. The first kappa shape index (κ1) is 15.5. The minimum atomic E-state index is -0.0190. The summed E-state index contributed by atoms with van der Waals surface area (Å²) in [7, 11) is 1.63. The number of carbonyl (C=O) groups is 1. The van der Waals surface area contributed by atoms with Gasteiger partial charge in [-0.1, -0.05) is 6.92 Å². The van der Waals surface area contributed by atoms with Gasteiger partial charge in [-0.05, 0) is 44.0 Å². The van der Waals surface area contributed by atoms with E-state index in [0.717, 1.165) is 6.42 Å². The molecule has 106 valence electrons. The highest BCUT2D eigenvalue weighted by molar-refractivity contribution is 5.94. The summed E-state index contributed by atoms with van der Waals surface area (Å²) < 4.78 is 5.06. The van der Waals surface area contributed by atoms with E-state index < -0.39 is 0 Å². The van der Waals surface area contributed by atoms with Gasteiger partial charge in [-0.2, -0.15) is 0 Å². The maximum absolute atomic E-state index is 12.5. The molecule has 0 fully saturated rings. The number of ether oxygens (including phenoxy) is 1. The van der Waals surface area contributed by atoms with E-state index in [-0.39, 0.29) is 17.7 Å². The standard InChI is InChI=1S/C15H23NO3/c1-5-12(3)16(8-9-19-4)15(18)13-6-7-14(17)11(2)10-13/h6-7,10,12,17H,5,8-9H2,1-4H3. The van der Waals surface area contributed by atoms with Crippen LogP contribution in [0.3, 0.4) is 0 Å². The van der Waals surface area contributed by atoms with Crippen LogP contribution in [0.1, 0.15) is 36.2 Å². The third-order valence-corrected chi connectivity index (χ3v) is 3.36. The first-order chi connectivity index (χ1) is 9.01. The van der Waals surface area contributed by atoms with Crippen LogP contribution in [0.2, 0.25) is 0 Å². The predicted octanol–water partition coefficient (Wildman–Crippen LogP) is 2.59. The SMILES string of the molecule is CCC(C)N(CCOC)C(=O)c1ccc(O)c(C)c1. The van der Waals surface area contributed by atoms with Gasteiger partial charge in [0.05, 0.1) is 6.61 Å². The van der Waals surface area contributed by atoms with Gasteiger partial charge in [0.1, 0.15) is 5.75 Å². The Morgan fingerprint density at radius 3 is 2.68 bits per heavy atom. The normalized spacial score (nSPS) is 12.2. The van der Waals surface area contributed by atoms with Crippen LogP contribution < -0.4 is 0 Å². The summed E-state index contributed by atoms with van der Waals surface area (Å²) in [4.78, 5) is 14.3. The minimum absolute atomic E-state index is 0.0190. The maximum atomic E-state index is 12.5. The second kappa shape index (κ2) is 7.14. The van der Waals surface area contributed by atoms with Crippen molar-refractivity contribution in [3.05, 3.63) is 29.3 Å². The molecule has 0 bridgehead atoms. The number of hydrogen-bond donors (Lipinski definition) is 1. The van der Waals surface area contributed by atoms with Gasteiger partial charge in [0.25, 0.3) is 5.91 Å². The average Bonchev–Trinajstić information content (AvgIpc) is 2.41. The maximum Gasteiger partial charge on any atom is 0.254 e. The summed E-state index contributed by atoms with van der Waals surface area (Å²) in [6.45, 7) is 6.97. The van der Waals surface area contributed by atoms with Crippen LogP contribution in [0, 0.1) is 6.92 Å². The molecule has 4 nitrogen and oxygen atoms in total.